The number of carbonyl (C=O) groups excluding carboxylic acids is 5. The van der Waals surface area contributed by atoms with Crippen molar-refractivity contribution in [1.82, 2.24) is 24.5 Å². The number of hydrogen-bond donors (Lipinski definition) is 0. The van der Waals surface area contributed by atoms with Crippen molar-refractivity contribution < 1.29 is 28.7 Å². The van der Waals surface area contributed by atoms with Crippen LogP contribution in [0.15, 0.2) is 24.3 Å². The summed E-state index contributed by atoms with van der Waals surface area (Å²) in [5, 5.41) is 0. The molecule has 2 aliphatic rings. The Labute approximate surface area is 592 Å². The lowest BCUT2D eigenvalue weighted by molar-refractivity contribution is -0.131. The molecule has 2 saturated heterocycles. The molecule has 0 unspecified atom stereocenters. The third-order valence-corrected chi connectivity index (χ3v) is 17.1. The number of rotatable bonds is 33. The standard InChI is InChI=1S/C21H34O2.C16H32N2O.C14H27NO.C13H27NO.C12H25NO.4H2S/c1-15(2)11-12-23-20-9-7-18(8-10-20)14-19(13-16(3)4)21(22)17(5)6;1-12(2)7-8-17-9-10-18(14(5)6)15(11-17)16(19)13(3)4;1-9(2)12-7-13(14(16)10(3)4)15(8-12)11(5)6;1-10(2)7-8-14(12(5)6)9-13(15)11(3)4;1-9(2)7-13(11(5)6)8-12(14)10(3)4;;;;/h7-10,15-17,19H,11-14H2,1-6H3;12-15H,7-11H2,1-6H3;9-13H,7-8H2,1-6H3;10-12H,7-9H2,1-6H3;9-11H,7-8H2,1-6H3;4*1H2/t19-;15-;12-,13-;;;;;;/m000....../s1. The number of carbonyl (C=O) groups is 5. The Bertz CT molecular complexity index is 2010. The number of likely N-dealkylation sites (tertiary alicyclic amines) is 1. The van der Waals surface area contributed by atoms with Crippen LogP contribution in [-0.4, -0.2) is 155 Å². The number of hydrogen-bond acceptors (Lipinski definition) is 11. The smallest absolute Gasteiger partial charge is 0.153 e. The summed E-state index contributed by atoms with van der Waals surface area (Å²) in [5.74, 6) is 8.34. The van der Waals surface area contributed by atoms with Crippen molar-refractivity contribution in [1.29, 1.82) is 0 Å². The van der Waals surface area contributed by atoms with Crippen LogP contribution < -0.4 is 4.74 Å². The fraction of sp³-hybridized carbons (Fsp3) is 0.855. The zero-order chi connectivity index (χ0) is 67.7. The molecule has 3 rings (SSSR count). The molecule has 91 heavy (non-hydrogen) atoms. The molecule has 4 atom stereocenters. The molecular formula is C76H153N5O6S4. The molecule has 2 aliphatic heterocycles. The Morgan fingerprint density at radius 3 is 1.31 bits per heavy atom. The van der Waals surface area contributed by atoms with E-state index >= 15 is 0 Å². The predicted molar refractivity (Wildman–Crippen MR) is 417 cm³/mol. The van der Waals surface area contributed by atoms with Gasteiger partial charge >= 0.3 is 0 Å². The van der Waals surface area contributed by atoms with Gasteiger partial charge in [0.05, 0.1) is 31.8 Å². The lowest BCUT2D eigenvalue weighted by atomic mass is 9.84. The van der Waals surface area contributed by atoms with E-state index in [9.17, 15) is 24.0 Å². The molecule has 2 fully saturated rings. The second kappa shape index (κ2) is 53.6. The molecule has 0 bridgehead atoms. The second-order valence-electron chi connectivity index (χ2n) is 31.2. The van der Waals surface area contributed by atoms with Crippen LogP contribution in [-0.2, 0) is 30.4 Å². The number of benzene rings is 1. The van der Waals surface area contributed by atoms with E-state index < -0.39 is 0 Å². The van der Waals surface area contributed by atoms with Gasteiger partial charge in [-0.1, -0.05) is 164 Å². The number of ether oxygens (including phenoxy) is 1. The first-order valence-electron chi connectivity index (χ1n) is 35.2. The largest absolute Gasteiger partial charge is 0.494 e. The average molecular weight is 1360 g/mol. The van der Waals surface area contributed by atoms with E-state index in [1.165, 1.54) is 18.4 Å². The summed E-state index contributed by atoms with van der Waals surface area (Å²) >= 11 is 0. The molecule has 2 heterocycles. The molecule has 0 radical (unpaired) electrons. The van der Waals surface area contributed by atoms with Crippen LogP contribution in [0.25, 0.3) is 0 Å². The quantitative estimate of drug-likeness (QED) is 0.0671. The number of Topliss-reactive ketones (excluding diaryl/α,β-unsaturated/α-hetero) is 5. The first kappa shape index (κ1) is 101. The van der Waals surface area contributed by atoms with Gasteiger partial charge in [0.1, 0.15) is 23.1 Å². The van der Waals surface area contributed by atoms with Crippen molar-refractivity contribution in [3.05, 3.63) is 29.8 Å². The van der Waals surface area contributed by atoms with Crippen LogP contribution in [0.4, 0.5) is 0 Å². The molecule has 542 valence electrons. The van der Waals surface area contributed by atoms with Crippen LogP contribution in [0.5, 0.6) is 5.75 Å². The van der Waals surface area contributed by atoms with Gasteiger partial charge in [-0.3, -0.25) is 43.6 Å². The molecule has 1 aromatic rings. The summed E-state index contributed by atoms with van der Waals surface area (Å²) in [4.78, 5) is 72.1. The fourth-order valence-corrected chi connectivity index (χ4v) is 10.8. The highest BCUT2D eigenvalue weighted by Crippen LogP contribution is 2.32. The van der Waals surface area contributed by atoms with Crippen molar-refractivity contribution in [2.24, 2.45) is 76.9 Å². The monoisotopic (exact) mass is 1360 g/mol. The summed E-state index contributed by atoms with van der Waals surface area (Å²) in [6.45, 7) is 73.4. The summed E-state index contributed by atoms with van der Waals surface area (Å²) in [6.07, 6.45) is 6.33. The minimum Gasteiger partial charge on any atom is -0.494 e. The topological polar surface area (TPSA) is 111 Å². The highest BCUT2D eigenvalue weighted by Gasteiger charge is 2.40. The van der Waals surface area contributed by atoms with Gasteiger partial charge in [0.2, 0.25) is 0 Å². The minimum absolute atomic E-state index is 0. The van der Waals surface area contributed by atoms with Gasteiger partial charge in [0.25, 0.3) is 0 Å². The van der Waals surface area contributed by atoms with E-state index in [1.807, 2.05) is 81.4 Å². The summed E-state index contributed by atoms with van der Waals surface area (Å²) in [7, 11) is 0. The van der Waals surface area contributed by atoms with Gasteiger partial charge in [0, 0.05) is 92.4 Å². The van der Waals surface area contributed by atoms with Crippen LogP contribution in [0.3, 0.4) is 0 Å². The minimum atomic E-state index is 0. The van der Waals surface area contributed by atoms with Gasteiger partial charge in [-0.15, -0.1) is 0 Å². The molecule has 0 aliphatic carbocycles. The maximum atomic E-state index is 12.4. The zero-order valence-corrected chi connectivity index (χ0v) is 68.8. The van der Waals surface area contributed by atoms with Gasteiger partial charge in [0.15, 0.2) is 11.6 Å². The highest BCUT2D eigenvalue weighted by atomic mass is 32.1. The van der Waals surface area contributed by atoms with E-state index in [4.69, 9.17) is 4.74 Å². The molecule has 0 spiro atoms. The molecule has 0 aromatic heterocycles. The first-order chi connectivity index (χ1) is 40.1. The number of ketones is 5. The van der Waals surface area contributed by atoms with Crippen molar-refractivity contribution >= 4 is 82.9 Å². The Morgan fingerprint density at radius 1 is 0.484 bits per heavy atom. The molecule has 11 nitrogen and oxygen atoms in total. The Morgan fingerprint density at radius 2 is 0.934 bits per heavy atom. The van der Waals surface area contributed by atoms with Crippen LogP contribution in [0.1, 0.15) is 245 Å². The van der Waals surface area contributed by atoms with Gasteiger partial charge < -0.3 is 9.64 Å². The van der Waals surface area contributed by atoms with Crippen molar-refractivity contribution in [3.8, 4) is 5.75 Å². The van der Waals surface area contributed by atoms with E-state index in [0.29, 0.717) is 102 Å². The van der Waals surface area contributed by atoms with E-state index in [0.717, 1.165) is 89.8 Å². The first-order valence-corrected chi connectivity index (χ1v) is 35.2. The fourth-order valence-electron chi connectivity index (χ4n) is 10.8. The predicted octanol–water partition coefficient (Wildman–Crippen LogP) is 17.2. The Kier molecular flexibility index (Phi) is 59.3. The van der Waals surface area contributed by atoms with E-state index in [-0.39, 0.29) is 102 Å². The Balaban J connectivity index is -0.000000248. The normalized spacial score (nSPS) is 16.7. The zero-order valence-electron chi connectivity index (χ0n) is 64.8. The van der Waals surface area contributed by atoms with Crippen molar-refractivity contribution in [3.63, 3.8) is 0 Å². The third-order valence-electron chi connectivity index (χ3n) is 17.1. The lowest BCUT2D eigenvalue weighted by Gasteiger charge is -2.43. The average Bonchev–Trinajstić information content (AvgIpc) is 2.08. The van der Waals surface area contributed by atoms with Crippen LogP contribution in [0.2, 0.25) is 0 Å². The van der Waals surface area contributed by atoms with E-state index in [1.54, 1.807) is 0 Å². The van der Waals surface area contributed by atoms with Crippen LogP contribution in [0, 0.1) is 76.9 Å². The summed E-state index contributed by atoms with van der Waals surface area (Å²) in [5.41, 5.74) is 1.22. The maximum Gasteiger partial charge on any atom is 0.153 e. The molecule has 15 heteroatoms. The molecule has 0 N–H and O–H groups in total. The number of piperazine rings is 1. The van der Waals surface area contributed by atoms with Crippen LogP contribution >= 0.6 is 54.0 Å². The molecular weight excluding hydrogens is 1210 g/mol. The van der Waals surface area contributed by atoms with Crippen molar-refractivity contribution in [2.75, 3.05) is 65.5 Å². The lowest BCUT2D eigenvalue weighted by Crippen LogP contribution is -2.59. The van der Waals surface area contributed by atoms with Gasteiger partial charge in [-0.2, -0.15) is 54.0 Å². The third kappa shape index (κ3) is 44.9. The maximum absolute atomic E-state index is 12.4. The van der Waals surface area contributed by atoms with E-state index in [2.05, 4.69) is 175 Å². The second-order valence-corrected chi connectivity index (χ2v) is 31.2. The molecule has 0 amide bonds. The molecule has 0 saturated carbocycles. The summed E-state index contributed by atoms with van der Waals surface area (Å²) < 4.78 is 5.76. The highest BCUT2D eigenvalue weighted by molar-refractivity contribution is 7.59. The SMILES string of the molecule is CC(C)C(=O)[C@@H]1C[C@H](C(C)C)CN1C(C)C.CC(C)CCN(CC(=O)C(C)C)C(C)C.CC(C)CCN1CCN(C(C)C)[C@H](C(=O)C(C)C)C1.CC(C)CCOc1ccc(C[C@H](CC(C)C)C(=O)C(C)C)cc1.CC(C)CN(CC(=O)C(C)C)C(C)C.S.S.S.S. The van der Waals surface area contributed by atoms with Gasteiger partial charge in [-0.05, 0) is 166 Å². The number of nitrogens with zero attached hydrogens (tertiary/aromatic N) is 5. The van der Waals surface area contributed by atoms with Gasteiger partial charge in [-0.25, -0.2) is 0 Å². The Hall–Kier alpha value is -1.43. The molecule has 1 aromatic carbocycles. The van der Waals surface area contributed by atoms with Crippen molar-refractivity contribution in [2.45, 2.75) is 282 Å². The summed E-state index contributed by atoms with van der Waals surface area (Å²) in [6, 6.07) is 10.4.